The first-order valence-electron chi connectivity index (χ1n) is 6.24. The lowest BCUT2D eigenvalue weighted by Gasteiger charge is -2.17. The highest BCUT2D eigenvalue weighted by Gasteiger charge is 2.08. The number of benzene rings is 1. The Morgan fingerprint density at radius 2 is 2.00 bits per heavy atom. The van der Waals surface area contributed by atoms with Crippen molar-refractivity contribution in [3.63, 3.8) is 0 Å². The predicted octanol–water partition coefficient (Wildman–Crippen LogP) is 1.82. The third-order valence-corrected chi connectivity index (χ3v) is 2.63. The van der Waals surface area contributed by atoms with Crippen LogP contribution in [0.4, 0.5) is 0 Å². The number of rotatable bonds is 7. The highest BCUT2D eigenvalue weighted by molar-refractivity contribution is 5.75. The molecule has 1 aromatic carbocycles. The lowest BCUT2D eigenvalue weighted by molar-refractivity contribution is -0.130. The van der Waals surface area contributed by atoms with Crippen molar-refractivity contribution in [3.8, 4) is 5.75 Å². The molecule has 0 radical (unpaired) electrons. The monoisotopic (exact) mass is 251 g/mol. The van der Waals surface area contributed by atoms with Crippen molar-refractivity contribution >= 4 is 5.91 Å². The van der Waals surface area contributed by atoms with Gasteiger partial charge < -0.3 is 14.7 Å². The summed E-state index contributed by atoms with van der Waals surface area (Å²) in [6.07, 6.45) is 0.913. The van der Waals surface area contributed by atoms with Crippen LogP contribution in [0.3, 0.4) is 0 Å². The van der Waals surface area contributed by atoms with Crippen LogP contribution < -0.4 is 4.74 Å². The fourth-order valence-corrected chi connectivity index (χ4v) is 1.64. The first-order chi connectivity index (χ1) is 8.67. The van der Waals surface area contributed by atoms with E-state index in [2.05, 4.69) is 0 Å². The Morgan fingerprint density at radius 1 is 1.33 bits per heavy atom. The standard InChI is InChI=1S/C14H21NO3/c1-3-18-13-8-6-12(7-9-13)11-15(2)14(17)5-4-10-16/h6-9,16H,3-5,10-11H2,1-2H3. The van der Waals surface area contributed by atoms with E-state index in [9.17, 15) is 4.79 Å². The van der Waals surface area contributed by atoms with Crippen molar-refractivity contribution in [2.45, 2.75) is 26.3 Å². The summed E-state index contributed by atoms with van der Waals surface area (Å²) in [6.45, 7) is 3.24. The van der Waals surface area contributed by atoms with E-state index in [0.29, 0.717) is 26.0 Å². The maximum atomic E-state index is 11.7. The zero-order valence-electron chi connectivity index (χ0n) is 11.1. The van der Waals surface area contributed by atoms with Crippen molar-refractivity contribution in [2.24, 2.45) is 0 Å². The number of carbonyl (C=O) groups is 1. The Labute approximate surface area is 108 Å². The molecule has 0 aliphatic rings. The van der Waals surface area contributed by atoms with E-state index in [1.54, 1.807) is 11.9 Å². The second kappa shape index (κ2) is 7.71. The Morgan fingerprint density at radius 3 is 2.56 bits per heavy atom. The summed E-state index contributed by atoms with van der Waals surface area (Å²) in [4.78, 5) is 13.3. The van der Waals surface area contributed by atoms with Crippen LogP contribution in [0.25, 0.3) is 0 Å². The summed E-state index contributed by atoms with van der Waals surface area (Å²) in [7, 11) is 1.77. The Bertz CT molecular complexity index is 362. The molecule has 0 aromatic heterocycles. The largest absolute Gasteiger partial charge is 0.494 e. The molecule has 0 atom stereocenters. The maximum Gasteiger partial charge on any atom is 0.222 e. The van der Waals surface area contributed by atoms with E-state index in [0.717, 1.165) is 11.3 Å². The van der Waals surface area contributed by atoms with E-state index in [-0.39, 0.29) is 12.5 Å². The fraction of sp³-hybridized carbons (Fsp3) is 0.500. The van der Waals surface area contributed by atoms with Crippen molar-refractivity contribution in [1.82, 2.24) is 4.90 Å². The van der Waals surface area contributed by atoms with E-state index in [4.69, 9.17) is 9.84 Å². The number of aliphatic hydroxyl groups excluding tert-OH is 1. The van der Waals surface area contributed by atoms with Crippen molar-refractivity contribution in [3.05, 3.63) is 29.8 Å². The Hall–Kier alpha value is -1.55. The topological polar surface area (TPSA) is 49.8 Å². The first-order valence-corrected chi connectivity index (χ1v) is 6.24. The SMILES string of the molecule is CCOc1ccc(CN(C)C(=O)CCCO)cc1. The van der Waals surface area contributed by atoms with Gasteiger partial charge in [0.2, 0.25) is 5.91 Å². The molecule has 0 saturated heterocycles. The molecule has 1 amide bonds. The highest BCUT2D eigenvalue weighted by atomic mass is 16.5. The highest BCUT2D eigenvalue weighted by Crippen LogP contribution is 2.13. The number of hydrogen-bond acceptors (Lipinski definition) is 3. The molecule has 0 spiro atoms. The molecule has 0 unspecified atom stereocenters. The molecule has 0 heterocycles. The van der Waals surface area contributed by atoms with Gasteiger partial charge in [0, 0.05) is 26.6 Å². The molecule has 0 fully saturated rings. The molecule has 18 heavy (non-hydrogen) atoms. The Balaban J connectivity index is 2.48. The van der Waals surface area contributed by atoms with Crippen molar-refractivity contribution in [2.75, 3.05) is 20.3 Å². The summed E-state index contributed by atoms with van der Waals surface area (Å²) < 4.78 is 5.36. The number of ether oxygens (including phenoxy) is 1. The second-order valence-corrected chi connectivity index (χ2v) is 4.15. The lowest BCUT2D eigenvalue weighted by Crippen LogP contribution is -2.26. The van der Waals surface area contributed by atoms with Crippen LogP contribution in [0.5, 0.6) is 5.75 Å². The van der Waals surface area contributed by atoms with Gasteiger partial charge in [0.25, 0.3) is 0 Å². The summed E-state index contributed by atoms with van der Waals surface area (Å²) in [5.41, 5.74) is 1.07. The molecule has 1 rings (SSSR count). The summed E-state index contributed by atoms with van der Waals surface area (Å²) >= 11 is 0. The first kappa shape index (κ1) is 14.5. The summed E-state index contributed by atoms with van der Waals surface area (Å²) in [6, 6.07) is 7.73. The zero-order chi connectivity index (χ0) is 13.4. The molecular weight excluding hydrogens is 230 g/mol. The molecule has 100 valence electrons. The van der Waals surface area contributed by atoms with Crippen LogP contribution >= 0.6 is 0 Å². The van der Waals surface area contributed by atoms with Gasteiger partial charge >= 0.3 is 0 Å². The fourth-order valence-electron chi connectivity index (χ4n) is 1.64. The second-order valence-electron chi connectivity index (χ2n) is 4.15. The quantitative estimate of drug-likeness (QED) is 0.804. The number of nitrogens with zero attached hydrogens (tertiary/aromatic N) is 1. The van der Waals surface area contributed by atoms with Gasteiger partial charge in [-0.2, -0.15) is 0 Å². The number of carbonyl (C=O) groups excluding carboxylic acids is 1. The lowest BCUT2D eigenvalue weighted by atomic mass is 10.2. The number of hydrogen-bond donors (Lipinski definition) is 1. The molecule has 1 N–H and O–H groups in total. The normalized spacial score (nSPS) is 10.2. The van der Waals surface area contributed by atoms with E-state index < -0.39 is 0 Å². The molecule has 0 saturated carbocycles. The average molecular weight is 251 g/mol. The molecule has 0 bridgehead atoms. The third kappa shape index (κ3) is 4.75. The minimum Gasteiger partial charge on any atom is -0.494 e. The van der Waals surface area contributed by atoms with E-state index in [1.165, 1.54) is 0 Å². The minimum atomic E-state index is 0.0536. The number of aliphatic hydroxyl groups is 1. The van der Waals surface area contributed by atoms with Gasteiger partial charge in [0.15, 0.2) is 0 Å². The van der Waals surface area contributed by atoms with Gasteiger partial charge in [-0.15, -0.1) is 0 Å². The minimum absolute atomic E-state index is 0.0536. The molecule has 4 heteroatoms. The van der Waals surface area contributed by atoms with Crippen LogP contribution in [-0.2, 0) is 11.3 Å². The molecule has 1 aromatic rings. The number of amides is 1. The van der Waals surface area contributed by atoms with Gasteiger partial charge in [-0.3, -0.25) is 4.79 Å². The average Bonchev–Trinajstić information content (AvgIpc) is 2.38. The zero-order valence-corrected chi connectivity index (χ0v) is 11.1. The molecule has 4 nitrogen and oxygen atoms in total. The van der Waals surface area contributed by atoms with Gasteiger partial charge in [-0.1, -0.05) is 12.1 Å². The van der Waals surface area contributed by atoms with E-state index in [1.807, 2.05) is 31.2 Å². The Kier molecular flexibility index (Phi) is 6.22. The molecular formula is C14H21NO3. The van der Waals surface area contributed by atoms with Crippen LogP contribution in [0.15, 0.2) is 24.3 Å². The van der Waals surface area contributed by atoms with Crippen LogP contribution in [0.1, 0.15) is 25.3 Å². The third-order valence-electron chi connectivity index (χ3n) is 2.63. The van der Waals surface area contributed by atoms with Gasteiger partial charge in [-0.25, -0.2) is 0 Å². The smallest absolute Gasteiger partial charge is 0.222 e. The van der Waals surface area contributed by atoms with Crippen LogP contribution in [-0.4, -0.2) is 36.2 Å². The summed E-state index contributed by atoms with van der Waals surface area (Å²) in [5.74, 6) is 0.897. The predicted molar refractivity (Wildman–Crippen MR) is 70.4 cm³/mol. The summed E-state index contributed by atoms with van der Waals surface area (Å²) in [5, 5.41) is 8.68. The van der Waals surface area contributed by atoms with Crippen molar-refractivity contribution in [1.29, 1.82) is 0 Å². The maximum absolute atomic E-state index is 11.7. The molecule has 0 aliphatic heterocycles. The molecule has 0 aliphatic carbocycles. The van der Waals surface area contributed by atoms with Gasteiger partial charge in [0.05, 0.1) is 6.61 Å². The van der Waals surface area contributed by atoms with E-state index >= 15 is 0 Å². The van der Waals surface area contributed by atoms with Crippen LogP contribution in [0.2, 0.25) is 0 Å². The van der Waals surface area contributed by atoms with Crippen LogP contribution in [0, 0.1) is 0 Å². The van der Waals surface area contributed by atoms with Gasteiger partial charge in [0.1, 0.15) is 5.75 Å². The van der Waals surface area contributed by atoms with Crippen molar-refractivity contribution < 1.29 is 14.6 Å². The van der Waals surface area contributed by atoms with Gasteiger partial charge in [-0.05, 0) is 31.0 Å².